The number of ether oxygens (including phenoxy) is 2. The summed E-state index contributed by atoms with van der Waals surface area (Å²) < 4.78 is 38.7. The van der Waals surface area contributed by atoms with Gasteiger partial charge in [0, 0.05) is 17.6 Å². The molecule has 0 atom stereocenters. The van der Waals surface area contributed by atoms with Crippen molar-refractivity contribution >= 4 is 39.4 Å². The first-order valence-corrected chi connectivity index (χ1v) is 14.6. The molecule has 0 aromatic heterocycles. The van der Waals surface area contributed by atoms with E-state index < -0.39 is 15.9 Å². The van der Waals surface area contributed by atoms with Crippen LogP contribution in [0.15, 0.2) is 101 Å². The molecule has 4 aromatic rings. The van der Waals surface area contributed by atoms with E-state index in [0.29, 0.717) is 46.5 Å². The van der Waals surface area contributed by atoms with E-state index >= 15 is 0 Å². The number of hydrogen-bond donors (Lipinski definition) is 1. The molecule has 0 saturated carbocycles. The van der Waals surface area contributed by atoms with Gasteiger partial charge in [0.2, 0.25) is 0 Å². The second kappa shape index (κ2) is 13.3. The first-order chi connectivity index (χ1) is 19.7. The fourth-order valence-corrected chi connectivity index (χ4v) is 5.25. The number of anilines is 1. The Kier molecular flexibility index (Phi) is 9.65. The van der Waals surface area contributed by atoms with Crippen molar-refractivity contribution < 1.29 is 22.7 Å². The van der Waals surface area contributed by atoms with Crippen LogP contribution in [0, 0.1) is 6.92 Å². The third-order valence-corrected chi connectivity index (χ3v) is 8.14. The van der Waals surface area contributed by atoms with Gasteiger partial charge in [-0.15, -0.1) is 0 Å². The molecule has 0 aliphatic carbocycles. The van der Waals surface area contributed by atoms with E-state index in [1.165, 1.54) is 17.6 Å². The lowest BCUT2D eigenvalue weighted by atomic mass is 10.2. The highest BCUT2D eigenvalue weighted by molar-refractivity contribution is 7.92. The molecule has 41 heavy (non-hydrogen) atoms. The van der Waals surface area contributed by atoms with Crippen LogP contribution in [0.25, 0.3) is 0 Å². The quantitative estimate of drug-likeness (QED) is 0.165. The molecule has 4 rings (SSSR count). The summed E-state index contributed by atoms with van der Waals surface area (Å²) in [5.41, 5.74) is 5.83. The van der Waals surface area contributed by atoms with E-state index in [0.717, 1.165) is 11.1 Å². The molecule has 0 saturated heterocycles. The van der Waals surface area contributed by atoms with Gasteiger partial charge in [-0.1, -0.05) is 41.4 Å². The maximum atomic E-state index is 12.9. The van der Waals surface area contributed by atoms with Gasteiger partial charge in [0.25, 0.3) is 15.9 Å². The van der Waals surface area contributed by atoms with Crippen LogP contribution in [0.3, 0.4) is 0 Å². The van der Waals surface area contributed by atoms with Crippen LogP contribution in [-0.4, -0.2) is 34.2 Å². The number of rotatable bonds is 11. The number of halogens is 1. The summed E-state index contributed by atoms with van der Waals surface area (Å²) in [4.78, 5) is 12.8. The summed E-state index contributed by atoms with van der Waals surface area (Å²) in [6, 6.07) is 25.6. The number of nitrogens with zero attached hydrogens (tertiary/aromatic N) is 2. The third kappa shape index (κ3) is 7.65. The minimum Gasteiger partial charge on any atom is -0.490 e. The molecule has 1 N–H and O–H groups in total. The highest BCUT2D eigenvalue weighted by Crippen LogP contribution is 2.29. The van der Waals surface area contributed by atoms with Gasteiger partial charge in [0.05, 0.1) is 23.4 Å². The third-order valence-electron chi connectivity index (χ3n) is 6.10. The highest BCUT2D eigenvalue weighted by atomic mass is 35.5. The molecule has 0 heterocycles. The minimum atomic E-state index is -3.73. The number of benzene rings is 4. The van der Waals surface area contributed by atoms with Crippen molar-refractivity contribution in [2.75, 3.05) is 18.0 Å². The zero-order valence-corrected chi connectivity index (χ0v) is 24.4. The summed E-state index contributed by atoms with van der Waals surface area (Å²) in [6.07, 6.45) is 1.50. The summed E-state index contributed by atoms with van der Waals surface area (Å²) in [7, 11) is -2.26. The van der Waals surface area contributed by atoms with Gasteiger partial charge >= 0.3 is 0 Å². The molecule has 1 amide bonds. The van der Waals surface area contributed by atoms with E-state index in [-0.39, 0.29) is 4.90 Å². The van der Waals surface area contributed by atoms with Crippen molar-refractivity contribution in [3.63, 3.8) is 0 Å². The zero-order chi connectivity index (χ0) is 29.4. The van der Waals surface area contributed by atoms with Gasteiger partial charge in [-0.2, -0.15) is 5.10 Å². The second-order valence-electron chi connectivity index (χ2n) is 9.09. The molecule has 0 aliphatic heterocycles. The van der Waals surface area contributed by atoms with E-state index in [1.807, 2.05) is 32.0 Å². The van der Waals surface area contributed by atoms with Gasteiger partial charge in [-0.3, -0.25) is 9.10 Å². The zero-order valence-electron chi connectivity index (χ0n) is 22.9. The lowest BCUT2D eigenvalue weighted by molar-refractivity contribution is 0.0955. The van der Waals surface area contributed by atoms with Crippen molar-refractivity contribution in [1.82, 2.24) is 5.43 Å². The molecular weight excluding hydrogens is 562 g/mol. The summed E-state index contributed by atoms with van der Waals surface area (Å²) >= 11 is 6.05. The Bertz CT molecular complexity index is 1640. The number of sulfonamides is 1. The van der Waals surface area contributed by atoms with E-state index in [9.17, 15) is 13.2 Å². The van der Waals surface area contributed by atoms with E-state index in [2.05, 4.69) is 10.5 Å². The topological polar surface area (TPSA) is 97.3 Å². The fourth-order valence-electron chi connectivity index (χ4n) is 3.84. The van der Waals surface area contributed by atoms with Gasteiger partial charge in [0.15, 0.2) is 11.5 Å². The Morgan fingerprint density at radius 3 is 2.37 bits per heavy atom. The number of carbonyl (C=O) groups is 1. The maximum Gasteiger partial charge on any atom is 0.271 e. The number of amides is 1. The summed E-state index contributed by atoms with van der Waals surface area (Å²) in [5, 5.41) is 4.69. The monoisotopic (exact) mass is 591 g/mol. The van der Waals surface area contributed by atoms with Gasteiger partial charge in [-0.25, -0.2) is 13.8 Å². The largest absolute Gasteiger partial charge is 0.490 e. The van der Waals surface area contributed by atoms with Crippen LogP contribution in [0.2, 0.25) is 5.02 Å². The summed E-state index contributed by atoms with van der Waals surface area (Å²) in [5.74, 6) is 0.677. The average molecular weight is 592 g/mol. The van der Waals surface area contributed by atoms with Crippen LogP contribution >= 0.6 is 11.6 Å². The Morgan fingerprint density at radius 2 is 1.68 bits per heavy atom. The molecule has 0 spiro atoms. The normalized spacial score (nSPS) is 11.3. The molecular formula is C31H30ClN3O5S. The molecule has 212 valence electrons. The Hall–Kier alpha value is -4.34. The van der Waals surface area contributed by atoms with Crippen molar-refractivity contribution in [2.24, 2.45) is 5.10 Å². The number of hydrogen-bond acceptors (Lipinski definition) is 6. The summed E-state index contributed by atoms with van der Waals surface area (Å²) in [6.45, 7) is 4.55. The number of hydrazone groups is 1. The molecule has 4 aromatic carbocycles. The van der Waals surface area contributed by atoms with Crippen LogP contribution in [0.5, 0.6) is 11.5 Å². The predicted molar refractivity (Wildman–Crippen MR) is 162 cm³/mol. The maximum absolute atomic E-state index is 12.9. The molecule has 0 fully saturated rings. The minimum absolute atomic E-state index is 0.190. The fraction of sp³-hybridized carbons (Fsp3) is 0.161. The van der Waals surface area contributed by atoms with Crippen LogP contribution < -0.4 is 19.2 Å². The van der Waals surface area contributed by atoms with Crippen molar-refractivity contribution in [3.8, 4) is 11.5 Å². The molecule has 0 radical (unpaired) electrons. The lowest BCUT2D eigenvalue weighted by Gasteiger charge is -2.19. The van der Waals surface area contributed by atoms with Crippen molar-refractivity contribution in [1.29, 1.82) is 0 Å². The lowest BCUT2D eigenvalue weighted by Crippen LogP contribution is -2.26. The van der Waals surface area contributed by atoms with Crippen LogP contribution in [-0.2, 0) is 16.6 Å². The predicted octanol–water partition coefficient (Wildman–Crippen LogP) is 6.22. The molecule has 0 unspecified atom stereocenters. The van der Waals surface area contributed by atoms with Crippen LogP contribution in [0.1, 0.15) is 34.0 Å². The Morgan fingerprint density at radius 1 is 0.951 bits per heavy atom. The first-order valence-electron chi connectivity index (χ1n) is 12.8. The molecule has 0 aliphatic rings. The standard InChI is InChI=1S/C31H30ClN3O5S/c1-4-39-30-19-23(10-17-29(30)40-21-24-6-5-7-26(32)18-24)20-33-34-31(36)25-11-13-27(14-12-25)35(3)41(37,38)28-15-8-22(2)9-16-28/h5-20H,4,21H2,1-3H3,(H,34,36)/b33-20-. The van der Waals surface area contributed by atoms with E-state index in [1.54, 1.807) is 72.8 Å². The smallest absolute Gasteiger partial charge is 0.271 e. The van der Waals surface area contributed by atoms with E-state index in [4.69, 9.17) is 21.1 Å². The Balaban J connectivity index is 1.38. The van der Waals surface area contributed by atoms with Gasteiger partial charge < -0.3 is 9.47 Å². The molecule has 10 heteroatoms. The van der Waals surface area contributed by atoms with Gasteiger partial charge in [-0.05, 0) is 91.7 Å². The Labute approximate surface area is 245 Å². The average Bonchev–Trinajstić information content (AvgIpc) is 2.97. The molecule has 0 bridgehead atoms. The highest BCUT2D eigenvalue weighted by Gasteiger charge is 2.21. The number of nitrogens with one attached hydrogen (secondary N) is 1. The number of carbonyl (C=O) groups excluding carboxylic acids is 1. The second-order valence-corrected chi connectivity index (χ2v) is 11.5. The molecule has 8 nitrogen and oxygen atoms in total. The first kappa shape index (κ1) is 29.6. The van der Waals surface area contributed by atoms with Crippen molar-refractivity contribution in [3.05, 3.63) is 118 Å². The SMILES string of the molecule is CCOc1cc(/C=N\NC(=O)c2ccc(N(C)S(=O)(=O)c3ccc(C)cc3)cc2)ccc1OCc1cccc(Cl)c1. The van der Waals surface area contributed by atoms with Crippen molar-refractivity contribution in [2.45, 2.75) is 25.3 Å². The van der Waals surface area contributed by atoms with Gasteiger partial charge in [0.1, 0.15) is 6.61 Å². The van der Waals surface area contributed by atoms with Crippen LogP contribution in [0.4, 0.5) is 5.69 Å². The number of aryl methyl sites for hydroxylation is 1.